The molecule has 0 fully saturated rings. The molecule has 2 nitrogen and oxygen atoms in total. The normalized spacial score (nSPS) is 11.5. The molecule has 290 valence electrons. The monoisotopic (exact) mass is 789 g/mol. The zero-order chi connectivity index (χ0) is 41.0. The molecule has 2 heteroatoms. The molecule has 0 amide bonds. The van der Waals surface area contributed by atoms with Gasteiger partial charge in [-0.2, -0.15) is 0 Å². The Labute approximate surface area is 360 Å². The van der Waals surface area contributed by atoms with Crippen molar-refractivity contribution in [1.29, 1.82) is 0 Å². The lowest BCUT2D eigenvalue weighted by molar-refractivity contribution is 0.669. The Bertz CT molecular complexity index is 3630. The summed E-state index contributed by atoms with van der Waals surface area (Å²) < 4.78 is 6.28. The van der Waals surface area contributed by atoms with Crippen LogP contribution in [0.5, 0.6) is 0 Å². The van der Waals surface area contributed by atoms with Crippen LogP contribution in [-0.2, 0) is 0 Å². The standard InChI is InChI=1S/C60H39NO/c1-2-13-46-37-48(31-25-40(46)11-1)41-23-26-43(27-24-41)53-17-5-7-20-57(53)61(50-35-33-44(34-36-50)54-19-10-22-59-60(54)55-18-6-8-21-58(55)62-59)51-15-9-14-47(38-51)49-32-30-45-29-28-42-12-3-4-16-52(42)56(45)39-49/h1-39H. The number of rotatable bonds is 7. The molecule has 0 saturated heterocycles. The summed E-state index contributed by atoms with van der Waals surface area (Å²) in [5, 5.41) is 9.78. The predicted octanol–water partition coefficient (Wildman–Crippen LogP) is 17.2. The molecule has 1 heterocycles. The molecule has 0 bridgehead atoms. The molecule has 0 spiro atoms. The summed E-state index contributed by atoms with van der Waals surface area (Å²) in [6, 6.07) is 85.6. The van der Waals surface area contributed by atoms with Crippen molar-refractivity contribution in [2.45, 2.75) is 0 Å². The molecule has 12 rings (SSSR count). The van der Waals surface area contributed by atoms with Crippen molar-refractivity contribution < 1.29 is 4.42 Å². The third-order valence-electron chi connectivity index (χ3n) is 12.4. The topological polar surface area (TPSA) is 16.4 Å². The number of fused-ring (bicyclic) bond motifs is 7. The first kappa shape index (κ1) is 35.7. The summed E-state index contributed by atoms with van der Waals surface area (Å²) in [5.74, 6) is 0. The van der Waals surface area contributed by atoms with E-state index in [0.717, 1.165) is 66.8 Å². The van der Waals surface area contributed by atoms with E-state index < -0.39 is 0 Å². The Morgan fingerprint density at radius 2 is 0.823 bits per heavy atom. The minimum atomic E-state index is 0.897. The van der Waals surface area contributed by atoms with Crippen molar-refractivity contribution in [2.24, 2.45) is 0 Å². The second-order valence-corrected chi connectivity index (χ2v) is 16.1. The second kappa shape index (κ2) is 14.8. The molecular weight excluding hydrogens is 751 g/mol. The van der Waals surface area contributed by atoms with E-state index in [2.05, 4.69) is 229 Å². The van der Waals surface area contributed by atoms with Crippen LogP contribution < -0.4 is 4.90 Å². The third-order valence-corrected chi connectivity index (χ3v) is 12.4. The van der Waals surface area contributed by atoms with Crippen LogP contribution >= 0.6 is 0 Å². The molecule has 0 radical (unpaired) electrons. The Balaban J connectivity index is 0.987. The number of hydrogen-bond donors (Lipinski definition) is 0. The smallest absolute Gasteiger partial charge is 0.136 e. The third kappa shape index (κ3) is 6.20. The van der Waals surface area contributed by atoms with Crippen LogP contribution in [-0.4, -0.2) is 0 Å². The molecule has 0 N–H and O–H groups in total. The second-order valence-electron chi connectivity index (χ2n) is 16.1. The fourth-order valence-corrected chi connectivity index (χ4v) is 9.36. The summed E-state index contributed by atoms with van der Waals surface area (Å²) in [7, 11) is 0. The van der Waals surface area contributed by atoms with Crippen molar-refractivity contribution in [1.82, 2.24) is 0 Å². The van der Waals surface area contributed by atoms with Crippen LogP contribution in [0.1, 0.15) is 0 Å². The van der Waals surface area contributed by atoms with Crippen LogP contribution in [0.2, 0.25) is 0 Å². The maximum absolute atomic E-state index is 6.28. The minimum Gasteiger partial charge on any atom is -0.456 e. The van der Waals surface area contributed by atoms with Gasteiger partial charge in [0, 0.05) is 27.7 Å². The fourth-order valence-electron chi connectivity index (χ4n) is 9.36. The predicted molar refractivity (Wildman–Crippen MR) is 263 cm³/mol. The van der Waals surface area contributed by atoms with Gasteiger partial charge < -0.3 is 9.32 Å². The van der Waals surface area contributed by atoms with Gasteiger partial charge in [-0.05, 0) is 126 Å². The van der Waals surface area contributed by atoms with Gasteiger partial charge >= 0.3 is 0 Å². The molecule has 0 saturated carbocycles. The number of anilines is 3. The molecule has 0 aliphatic rings. The summed E-state index contributed by atoms with van der Waals surface area (Å²) >= 11 is 0. The molecule has 0 atom stereocenters. The average Bonchev–Trinajstić information content (AvgIpc) is 3.73. The molecule has 0 aliphatic heterocycles. The Kier molecular flexibility index (Phi) is 8.53. The van der Waals surface area contributed by atoms with Crippen LogP contribution in [0.25, 0.3) is 98.8 Å². The summed E-state index contributed by atoms with van der Waals surface area (Å²) in [4.78, 5) is 2.41. The SMILES string of the molecule is c1cc(-c2ccc3ccc4ccccc4c3c2)cc(N(c2ccc(-c3cccc4oc5ccccc5c34)cc2)c2ccccc2-c2ccc(-c3ccc4ccccc4c3)cc2)c1. The van der Waals surface area contributed by atoms with Crippen molar-refractivity contribution in [3.63, 3.8) is 0 Å². The van der Waals surface area contributed by atoms with E-state index in [4.69, 9.17) is 4.42 Å². The lowest BCUT2D eigenvalue weighted by Crippen LogP contribution is -2.11. The van der Waals surface area contributed by atoms with Crippen LogP contribution in [0.4, 0.5) is 17.1 Å². The van der Waals surface area contributed by atoms with Gasteiger partial charge in [0.05, 0.1) is 5.69 Å². The van der Waals surface area contributed by atoms with Gasteiger partial charge in [-0.3, -0.25) is 0 Å². The van der Waals surface area contributed by atoms with E-state index in [-0.39, 0.29) is 0 Å². The molecule has 12 aromatic rings. The lowest BCUT2D eigenvalue weighted by Gasteiger charge is -2.28. The van der Waals surface area contributed by atoms with Crippen LogP contribution in [0, 0.1) is 0 Å². The maximum atomic E-state index is 6.28. The first-order chi connectivity index (χ1) is 30.7. The highest BCUT2D eigenvalue weighted by Gasteiger charge is 2.19. The first-order valence-corrected chi connectivity index (χ1v) is 21.2. The van der Waals surface area contributed by atoms with Gasteiger partial charge in [-0.15, -0.1) is 0 Å². The van der Waals surface area contributed by atoms with Gasteiger partial charge in [0.1, 0.15) is 11.2 Å². The number of furan rings is 1. The highest BCUT2D eigenvalue weighted by Crippen LogP contribution is 2.44. The fraction of sp³-hybridized carbons (Fsp3) is 0. The Hall–Kier alpha value is -8.20. The zero-order valence-corrected chi connectivity index (χ0v) is 33.9. The summed E-state index contributed by atoms with van der Waals surface area (Å²) in [5.41, 5.74) is 14.4. The van der Waals surface area contributed by atoms with E-state index in [1.54, 1.807) is 0 Å². The molecule has 62 heavy (non-hydrogen) atoms. The number of nitrogens with zero attached hydrogens (tertiary/aromatic N) is 1. The highest BCUT2D eigenvalue weighted by atomic mass is 16.3. The van der Waals surface area contributed by atoms with Gasteiger partial charge in [-0.1, -0.05) is 182 Å². The molecule has 11 aromatic carbocycles. The van der Waals surface area contributed by atoms with Gasteiger partial charge in [0.15, 0.2) is 0 Å². The largest absolute Gasteiger partial charge is 0.456 e. The summed E-state index contributed by atoms with van der Waals surface area (Å²) in [6.07, 6.45) is 0. The first-order valence-electron chi connectivity index (χ1n) is 21.2. The van der Waals surface area contributed by atoms with Crippen molar-refractivity contribution in [3.8, 4) is 44.5 Å². The van der Waals surface area contributed by atoms with Crippen LogP contribution in [0.15, 0.2) is 241 Å². The molecule has 0 aliphatic carbocycles. The van der Waals surface area contributed by atoms with Crippen LogP contribution in [0.3, 0.4) is 0 Å². The van der Waals surface area contributed by atoms with E-state index in [9.17, 15) is 0 Å². The van der Waals surface area contributed by atoms with Crippen molar-refractivity contribution in [2.75, 3.05) is 4.90 Å². The van der Waals surface area contributed by atoms with Gasteiger partial charge in [-0.25, -0.2) is 0 Å². The lowest BCUT2D eigenvalue weighted by atomic mass is 9.96. The number of para-hydroxylation sites is 2. The van der Waals surface area contributed by atoms with E-state index in [1.807, 2.05) is 12.1 Å². The Morgan fingerprint density at radius 1 is 0.274 bits per heavy atom. The molecule has 0 unspecified atom stereocenters. The van der Waals surface area contributed by atoms with E-state index in [0.29, 0.717) is 0 Å². The summed E-state index contributed by atoms with van der Waals surface area (Å²) in [6.45, 7) is 0. The minimum absolute atomic E-state index is 0.897. The van der Waals surface area contributed by atoms with Gasteiger partial charge in [0.2, 0.25) is 0 Å². The molecular formula is C60H39NO. The number of benzene rings is 11. The molecule has 1 aromatic heterocycles. The van der Waals surface area contributed by atoms with E-state index >= 15 is 0 Å². The zero-order valence-electron chi connectivity index (χ0n) is 33.9. The Morgan fingerprint density at radius 3 is 1.68 bits per heavy atom. The highest BCUT2D eigenvalue weighted by molar-refractivity contribution is 6.12. The van der Waals surface area contributed by atoms with Gasteiger partial charge in [0.25, 0.3) is 0 Å². The quantitative estimate of drug-likeness (QED) is 0.150. The number of hydrogen-bond acceptors (Lipinski definition) is 2. The van der Waals surface area contributed by atoms with E-state index in [1.165, 1.54) is 49.0 Å². The average molecular weight is 790 g/mol. The van der Waals surface area contributed by atoms with Crippen molar-refractivity contribution in [3.05, 3.63) is 237 Å². The maximum Gasteiger partial charge on any atom is 0.136 e. The van der Waals surface area contributed by atoms with Crippen molar-refractivity contribution >= 4 is 71.3 Å².